The van der Waals surface area contributed by atoms with E-state index in [2.05, 4.69) is 13.8 Å². The third-order valence-corrected chi connectivity index (χ3v) is 3.30. The first-order valence-electron chi connectivity index (χ1n) is 4.92. The molecule has 0 radical (unpaired) electrons. The van der Waals surface area contributed by atoms with E-state index in [9.17, 15) is 10.2 Å². The van der Waals surface area contributed by atoms with E-state index in [1.165, 1.54) is 0 Å². The van der Waals surface area contributed by atoms with Crippen LogP contribution in [0.15, 0.2) is 0 Å². The molecule has 0 aliphatic heterocycles. The van der Waals surface area contributed by atoms with E-state index in [0.717, 1.165) is 12.8 Å². The van der Waals surface area contributed by atoms with Crippen LogP contribution in [0.1, 0.15) is 40.0 Å². The SMILES string of the molecule is CC1(C)CCC(N)C(C)(O)C(O)C1. The van der Waals surface area contributed by atoms with Crippen molar-refractivity contribution < 1.29 is 10.2 Å². The quantitative estimate of drug-likeness (QED) is 0.487. The monoisotopic (exact) mass is 187 g/mol. The van der Waals surface area contributed by atoms with Gasteiger partial charge in [0.05, 0.1) is 6.10 Å². The molecule has 78 valence electrons. The zero-order chi connectivity index (χ0) is 10.3. The van der Waals surface area contributed by atoms with E-state index >= 15 is 0 Å². The molecule has 4 N–H and O–H groups in total. The fourth-order valence-electron chi connectivity index (χ4n) is 1.92. The molecule has 1 aliphatic rings. The van der Waals surface area contributed by atoms with E-state index in [-0.39, 0.29) is 11.5 Å². The van der Waals surface area contributed by atoms with Crippen LogP contribution in [0.25, 0.3) is 0 Å². The highest BCUT2D eigenvalue weighted by molar-refractivity contribution is 4.97. The first-order chi connectivity index (χ1) is 5.76. The van der Waals surface area contributed by atoms with Crippen molar-refractivity contribution in [2.45, 2.75) is 57.8 Å². The lowest BCUT2D eigenvalue weighted by Gasteiger charge is -2.33. The summed E-state index contributed by atoms with van der Waals surface area (Å²) < 4.78 is 0. The van der Waals surface area contributed by atoms with Gasteiger partial charge < -0.3 is 15.9 Å². The molecule has 0 aromatic carbocycles. The van der Waals surface area contributed by atoms with Gasteiger partial charge in [0.2, 0.25) is 0 Å². The summed E-state index contributed by atoms with van der Waals surface area (Å²) in [4.78, 5) is 0. The number of nitrogens with two attached hydrogens (primary N) is 1. The molecule has 0 aromatic heterocycles. The van der Waals surface area contributed by atoms with Crippen LogP contribution in [0, 0.1) is 5.41 Å². The van der Waals surface area contributed by atoms with Crippen LogP contribution in [-0.2, 0) is 0 Å². The molecule has 0 bridgehead atoms. The minimum absolute atomic E-state index is 0.0809. The Bertz CT molecular complexity index is 189. The van der Waals surface area contributed by atoms with Crippen molar-refractivity contribution in [3.63, 3.8) is 0 Å². The molecule has 3 nitrogen and oxygen atoms in total. The molecular formula is C10H21NO2. The zero-order valence-electron chi connectivity index (χ0n) is 8.75. The molecule has 0 saturated heterocycles. The maximum absolute atomic E-state index is 9.95. The fourth-order valence-corrected chi connectivity index (χ4v) is 1.92. The van der Waals surface area contributed by atoms with Crippen LogP contribution in [0.4, 0.5) is 0 Å². The van der Waals surface area contributed by atoms with Crippen molar-refractivity contribution in [2.24, 2.45) is 11.1 Å². The summed E-state index contributed by atoms with van der Waals surface area (Å²) in [6.45, 7) is 5.83. The van der Waals surface area contributed by atoms with Gasteiger partial charge in [-0.25, -0.2) is 0 Å². The van der Waals surface area contributed by atoms with Gasteiger partial charge >= 0.3 is 0 Å². The number of hydrogen-bond acceptors (Lipinski definition) is 3. The predicted molar refractivity (Wildman–Crippen MR) is 52.2 cm³/mol. The van der Waals surface area contributed by atoms with Gasteiger partial charge in [-0.2, -0.15) is 0 Å². The summed E-state index contributed by atoms with van der Waals surface area (Å²) in [7, 11) is 0. The Morgan fingerprint density at radius 3 is 2.38 bits per heavy atom. The van der Waals surface area contributed by atoms with Gasteiger partial charge in [0.15, 0.2) is 0 Å². The van der Waals surface area contributed by atoms with Crippen molar-refractivity contribution in [1.82, 2.24) is 0 Å². The number of aliphatic hydroxyl groups is 2. The predicted octanol–water partition coefficient (Wildman–Crippen LogP) is 0.636. The van der Waals surface area contributed by atoms with Gasteiger partial charge in [0.25, 0.3) is 0 Å². The van der Waals surface area contributed by atoms with Gasteiger partial charge in [-0.15, -0.1) is 0 Å². The molecule has 1 rings (SSSR count). The third-order valence-electron chi connectivity index (χ3n) is 3.30. The Morgan fingerprint density at radius 2 is 1.85 bits per heavy atom. The Kier molecular flexibility index (Phi) is 2.72. The molecule has 3 unspecified atom stereocenters. The minimum Gasteiger partial charge on any atom is -0.390 e. The maximum atomic E-state index is 9.95. The molecular weight excluding hydrogens is 166 g/mol. The van der Waals surface area contributed by atoms with Crippen molar-refractivity contribution in [3.05, 3.63) is 0 Å². The van der Waals surface area contributed by atoms with Gasteiger partial charge in [-0.1, -0.05) is 13.8 Å². The van der Waals surface area contributed by atoms with Gasteiger partial charge in [0.1, 0.15) is 5.60 Å². The Labute approximate surface area is 79.9 Å². The first kappa shape index (κ1) is 11.0. The topological polar surface area (TPSA) is 66.5 Å². The molecule has 0 aromatic rings. The van der Waals surface area contributed by atoms with Crippen LogP contribution in [-0.4, -0.2) is 28.0 Å². The smallest absolute Gasteiger partial charge is 0.103 e. The third kappa shape index (κ3) is 2.22. The molecule has 0 spiro atoms. The fraction of sp³-hybridized carbons (Fsp3) is 1.00. The lowest BCUT2D eigenvalue weighted by atomic mass is 9.83. The van der Waals surface area contributed by atoms with Gasteiger partial charge in [-0.3, -0.25) is 0 Å². The molecule has 0 amide bonds. The van der Waals surface area contributed by atoms with Crippen molar-refractivity contribution >= 4 is 0 Å². The molecule has 1 fully saturated rings. The summed E-state index contributed by atoms with van der Waals surface area (Å²) >= 11 is 0. The lowest BCUT2D eigenvalue weighted by Crippen LogP contribution is -2.53. The van der Waals surface area contributed by atoms with Crippen molar-refractivity contribution in [3.8, 4) is 0 Å². The van der Waals surface area contributed by atoms with E-state index < -0.39 is 11.7 Å². The highest BCUT2D eigenvalue weighted by Crippen LogP contribution is 2.37. The average Bonchev–Trinajstić information content (AvgIpc) is 2.03. The molecule has 13 heavy (non-hydrogen) atoms. The van der Waals surface area contributed by atoms with E-state index in [1.54, 1.807) is 6.92 Å². The largest absolute Gasteiger partial charge is 0.390 e. The summed E-state index contributed by atoms with van der Waals surface area (Å²) in [5.74, 6) is 0. The number of hydrogen-bond donors (Lipinski definition) is 3. The maximum Gasteiger partial charge on any atom is 0.103 e. The molecule has 0 heterocycles. The highest BCUT2D eigenvalue weighted by atomic mass is 16.3. The second kappa shape index (κ2) is 3.23. The second-order valence-electron chi connectivity index (χ2n) is 5.26. The van der Waals surface area contributed by atoms with E-state index in [4.69, 9.17) is 5.73 Å². The summed E-state index contributed by atoms with van der Waals surface area (Å²) in [5.41, 5.74) is 4.76. The van der Waals surface area contributed by atoms with Crippen LogP contribution >= 0.6 is 0 Å². The van der Waals surface area contributed by atoms with Crippen molar-refractivity contribution in [1.29, 1.82) is 0 Å². The number of aliphatic hydroxyl groups excluding tert-OH is 1. The van der Waals surface area contributed by atoms with E-state index in [1.807, 2.05) is 0 Å². The Morgan fingerprint density at radius 1 is 1.31 bits per heavy atom. The van der Waals surface area contributed by atoms with Crippen LogP contribution < -0.4 is 5.73 Å². The summed E-state index contributed by atoms with van der Waals surface area (Å²) in [6.07, 6.45) is 1.64. The molecule has 3 atom stereocenters. The van der Waals surface area contributed by atoms with Gasteiger partial charge in [0, 0.05) is 6.04 Å². The number of rotatable bonds is 0. The standard InChI is InChI=1S/C10H21NO2/c1-9(2)5-4-7(11)10(3,13)8(12)6-9/h7-8,12-13H,4-6,11H2,1-3H3. The van der Waals surface area contributed by atoms with Gasteiger partial charge in [-0.05, 0) is 31.6 Å². The summed E-state index contributed by atoms with van der Waals surface area (Å²) in [6, 6.07) is -0.315. The zero-order valence-corrected chi connectivity index (χ0v) is 8.75. The van der Waals surface area contributed by atoms with Crippen LogP contribution in [0.5, 0.6) is 0 Å². The lowest BCUT2D eigenvalue weighted by molar-refractivity contribution is -0.0821. The molecule has 1 aliphatic carbocycles. The normalized spacial score (nSPS) is 45.7. The summed E-state index contributed by atoms with van der Waals surface area (Å²) in [5, 5.41) is 19.7. The molecule has 3 heteroatoms. The Hall–Kier alpha value is -0.120. The molecule has 1 saturated carbocycles. The van der Waals surface area contributed by atoms with E-state index in [0.29, 0.717) is 6.42 Å². The second-order valence-corrected chi connectivity index (χ2v) is 5.26. The first-order valence-corrected chi connectivity index (χ1v) is 4.92. The van der Waals surface area contributed by atoms with Crippen molar-refractivity contribution in [2.75, 3.05) is 0 Å². The van der Waals surface area contributed by atoms with Crippen LogP contribution in [0.3, 0.4) is 0 Å². The highest BCUT2D eigenvalue weighted by Gasteiger charge is 2.42. The minimum atomic E-state index is -1.13. The van der Waals surface area contributed by atoms with Crippen LogP contribution in [0.2, 0.25) is 0 Å². The Balaban J connectivity index is 2.82. The average molecular weight is 187 g/mol.